The van der Waals surface area contributed by atoms with Gasteiger partial charge in [-0.2, -0.15) is 11.8 Å². The average molecular weight is 345 g/mol. The van der Waals surface area contributed by atoms with Gasteiger partial charge in [-0.15, -0.1) is 0 Å². The lowest BCUT2D eigenvalue weighted by Gasteiger charge is -2.10. The largest absolute Gasteiger partial charge is 0.493 e. The number of carbonyl (C=O) groups excluding carboxylic acids is 1. The van der Waals surface area contributed by atoms with E-state index in [0.29, 0.717) is 23.6 Å². The van der Waals surface area contributed by atoms with Crippen molar-refractivity contribution >= 4 is 17.7 Å². The molecule has 0 aliphatic carbocycles. The molecule has 0 aromatic heterocycles. The number of carbonyl (C=O) groups is 1. The summed E-state index contributed by atoms with van der Waals surface area (Å²) in [6.07, 6.45) is 0. The fraction of sp³-hybridized carbons (Fsp3) is 0.316. The maximum atomic E-state index is 12.2. The lowest BCUT2D eigenvalue weighted by atomic mass is 10.2. The summed E-state index contributed by atoms with van der Waals surface area (Å²) in [7, 11) is 3.13. The first-order valence-electron chi connectivity index (χ1n) is 7.77. The Hall–Kier alpha value is -2.14. The molecule has 0 heterocycles. The van der Waals surface area contributed by atoms with Crippen molar-refractivity contribution in [3.8, 4) is 11.5 Å². The van der Waals surface area contributed by atoms with Crippen LogP contribution in [0.25, 0.3) is 0 Å². The van der Waals surface area contributed by atoms with E-state index >= 15 is 0 Å². The maximum Gasteiger partial charge on any atom is 0.251 e. The van der Waals surface area contributed by atoms with Crippen molar-refractivity contribution in [3.05, 3.63) is 59.2 Å². The number of thioether (sulfide) groups is 1. The lowest BCUT2D eigenvalue weighted by molar-refractivity contribution is 0.0956. The molecule has 128 valence electrons. The molecule has 0 fully saturated rings. The molecule has 0 radical (unpaired) electrons. The van der Waals surface area contributed by atoms with E-state index in [0.717, 1.165) is 11.5 Å². The number of benzene rings is 2. The van der Waals surface area contributed by atoms with E-state index in [9.17, 15) is 4.79 Å². The minimum Gasteiger partial charge on any atom is -0.493 e. The first-order chi connectivity index (χ1) is 11.6. The van der Waals surface area contributed by atoms with Crippen LogP contribution in [0.3, 0.4) is 0 Å². The smallest absolute Gasteiger partial charge is 0.251 e. The Balaban J connectivity index is 1.76. The minimum absolute atomic E-state index is 0.105. The van der Waals surface area contributed by atoms with Gasteiger partial charge in [-0.25, -0.2) is 0 Å². The van der Waals surface area contributed by atoms with Gasteiger partial charge >= 0.3 is 0 Å². The average Bonchev–Trinajstić information content (AvgIpc) is 2.62. The molecule has 0 aliphatic heterocycles. The monoisotopic (exact) mass is 345 g/mol. The standard InChI is InChI=1S/C19H23NO3S/c1-14-4-6-15(7-5-14)13-24-11-10-20-19(21)16-8-9-17(22-2)18(12-16)23-3/h4-9,12H,10-11,13H2,1-3H3,(H,20,21). The highest BCUT2D eigenvalue weighted by atomic mass is 32.2. The van der Waals surface area contributed by atoms with Gasteiger partial charge in [-0.05, 0) is 30.7 Å². The molecule has 2 rings (SSSR count). The van der Waals surface area contributed by atoms with Gasteiger partial charge in [-0.3, -0.25) is 4.79 Å². The summed E-state index contributed by atoms with van der Waals surface area (Å²) in [6, 6.07) is 13.7. The second-order valence-corrected chi connectivity index (χ2v) is 6.47. The molecule has 1 amide bonds. The van der Waals surface area contributed by atoms with Crippen LogP contribution >= 0.6 is 11.8 Å². The zero-order valence-corrected chi connectivity index (χ0v) is 15.1. The van der Waals surface area contributed by atoms with Crippen LogP contribution in [0, 0.1) is 6.92 Å². The third-order valence-corrected chi connectivity index (χ3v) is 4.60. The quantitative estimate of drug-likeness (QED) is 0.742. The summed E-state index contributed by atoms with van der Waals surface area (Å²) in [5.41, 5.74) is 3.14. The Kier molecular flexibility index (Phi) is 7.00. The SMILES string of the molecule is COc1ccc(C(=O)NCCSCc2ccc(C)cc2)cc1OC. The predicted octanol–water partition coefficient (Wildman–Crippen LogP) is 3.68. The predicted molar refractivity (Wildman–Crippen MR) is 99.2 cm³/mol. The second-order valence-electron chi connectivity index (χ2n) is 5.36. The van der Waals surface area contributed by atoms with Crippen LogP contribution in [0.5, 0.6) is 11.5 Å². The highest BCUT2D eigenvalue weighted by molar-refractivity contribution is 7.98. The van der Waals surface area contributed by atoms with Gasteiger partial charge < -0.3 is 14.8 Å². The van der Waals surface area contributed by atoms with Crippen LogP contribution in [0.15, 0.2) is 42.5 Å². The van der Waals surface area contributed by atoms with E-state index in [-0.39, 0.29) is 5.91 Å². The van der Waals surface area contributed by atoms with Crippen LogP contribution < -0.4 is 14.8 Å². The fourth-order valence-electron chi connectivity index (χ4n) is 2.19. The second kappa shape index (κ2) is 9.23. The Morgan fingerprint density at radius 3 is 2.42 bits per heavy atom. The van der Waals surface area contributed by atoms with Crippen molar-refractivity contribution in [2.45, 2.75) is 12.7 Å². The van der Waals surface area contributed by atoms with Crippen molar-refractivity contribution in [3.63, 3.8) is 0 Å². The maximum absolute atomic E-state index is 12.2. The molecule has 0 bridgehead atoms. The molecule has 0 spiro atoms. The molecule has 0 saturated heterocycles. The molecule has 5 heteroatoms. The number of rotatable bonds is 8. The first-order valence-corrected chi connectivity index (χ1v) is 8.93. The molecule has 4 nitrogen and oxygen atoms in total. The van der Waals surface area contributed by atoms with E-state index in [1.165, 1.54) is 11.1 Å². The summed E-state index contributed by atoms with van der Waals surface area (Å²) < 4.78 is 10.4. The Labute approximate surface area is 147 Å². The van der Waals surface area contributed by atoms with Crippen molar-refractivity contribution in [2.75, 3.05) is 26.5 Å². The van der Waals surface area contributed by atoms with Crippen LogP contribution in [0.2, 0.25) is 0 Å². The molecular formula is C19H23NO3S. The van der Waals surface area contributed by atoms with Crippen molar-refractivity contribution in [1.29, 1.82) is 0 Å². The van der Waals surface area contributed by atoms with Gasteiger partial charge in [-0.1, -0.05) is 29.8 Å². The highest BCUT2D eigenvalue weighted by Crippen LogP contribution is 2.27. The number of ether oxygens (including phenoxy) is 2. The van der Waals surface area contributed by atoms with Gasteiger partial charge in [0.1, 0.15) is 0 Å². The van der Waals surface area contributed by atoms with E-state index in [1.807, 2.05) is 0 Å². The summed E-state index contributed by atoms with van der Waals surface area (Å²) in [5, 5.41) is 2.93. The van der Waals surface area contributed by atoms with Crippen LogP contribution in [-0.2, 0) is 5.75 Å². The number of amides is 1. The van der Waals surface area contributed by atoms with Gasteiger partial charge in [0.15, 0.2) is 11.5 Å². The number of methoxy groups -OCH3 is 2. The van der Waals surface area contributed by atoms with Crippen LogP contribution in [-0.4, -0.2) is 32.4 Å². The van der Waals surface area contributed by atoms with Crippen molar-refractivity contribution in [2.24, 2.45) is 0 Å². The van der Waals surface area contributed by atoms with Gasteiger partial charge in [0.2, 0.25) is 0 Å². The van der Waals surface area contributed by atoms with Crippen LogP contribution in [0.4, 0.5) is 0 Å². The van der Waals surface area contributed by atoms with Gasteiger partial charge in [0.25, 0.3) is 5.91 Å². The molecule has 0 unspecified atom stereocenters. The lowest BCUT2D eigenvalue weighted by Crippen LogP contribution is -2.25. The van der Waals surface area contributed by atoms with Crippen LogP contribution in [0.1, 0.15) is 21.5 Å². The third-order valence-electron chi connectivity index (χ3n) is 3.57. The molecule has 0 aliphatic rings. The van der Waals surface area contributed by atoms with E-state index in [4.69, 9.17) is 9.47 Å². The fourth-order valence-corrected chi connectivity index (χ4v) is 3.01. The van der Waals surface area contributed by atoms with Crippen molar-refractivity contribution < 1.29 is 14.3 Å². The van der Waals surface area contributed by atoms with Gasteiger partial charge in [0, 0.05) is 23.6 Å². The topological polar surface area (TPSA) is 47.6 Å². The zero-order valence-electron chi connectivity index (χ0n) is 14.3. The number of hydrogen-bond acceptors (Lipinski definition) is 4. The molecule has 2 aromatic carbocycles. The molecule has 0 atom stereocenters. The molecule has 0 saturated carbocycles. The third kappa shape index (κ3) is 5.20. The summed E-state index contributed by atoms with van der Waals surface area (Å²) in [5.74, 6) is 2.88. The summed E-state index contributed by atoms with van der Waals surface area (Å²) in [4.78, 5) is 12.2. The number of hydrogen-bond donors (Lipinski definition) is 1. The van der Waals surface area contributed by atoms with E-state index in [2.05, 4.69) is 36.5 Å². The molecule has 24 heavy (non-hydrogen) atoms. The molecule has 1 N–H and O–H groups in total. The number of aryl methyl sites for hydroxylation is 1. The zero-order chi connectivity index (χ0) is 17.4. The number of nitrogens with one attached hydrogen (secondary N) is 1. The highest BCUT2D eigenvalue weighted by Gasteiger charge is 2.10. The van der Waals surface area contributed by atoms with E-state index < -0.39 is 0 Å². The Morgan fingerprint density at radius 1 is 1.04 bits per heavy atom. The first kappa shape index (κ1) is 18.2. The summed E-state index contributed by atoms with van der Waals surface area (Å²) in [6.45, 7) is 2.71. The summed E-state index contributed by atoms with van der Waals surface area (Å²) >= 11 is 1.80. The Bertz CT molecular complexity index is 671. The molecule has 2 aromatic rings. The normalized spacial score (nSPS) is 10.3. The Morgan fingerprint density at radius 2 is 1.75 bits per heavy atom. The van der Waals surface area contributed by atoms with Crippen molar-refractivity contribution in [1.82, 2.24) is 5.32 Å². The van der Waals surface area contributed by atoms with Gasteiger partial charge in [0.05, 0.1) is 14.2 Å². The van der Waals surface area contributed by atoms with E-state index in [1.54, 1.807) is 44.2 Å². The molecular weight excluding hydrogens is 322 g/mol. The minimum atomic E-state index is -0.105.